The summed E-state index contributed by atoms with van der Waals surface area (Å²) in [5.74, 6) is -3.00. The molecule has 0 bridgehead atoms. The first-order valence-electron chi connectivity index (χ1n) is 13.3. The standard InChI is InChI=1S/C29H44O8Si/c1-9-17-29(26(31)33-10-2,27(32)34-11-3)22-18-24(30)37-23(20-36-38(7,8)28(4,5)6)25(22)35-19-21-15-13-12-14-16-21/h9,12-16,22-23,25H,1,10-11,17-20H2,2-8H3/t22-,23+,25+/m1/s1. The van der Waals surface area contributed by atoms with Crippen molar-refractivity contribution in [2.45, 2.75) is 84.4 Å². The van der Waals surface area contributed by atoms with Gasteiger partial charge >= 0.3 is 17.9 Å². The summed E-state index contributed by atoms with van der Waals surface area (Å²) >= 11 is 0. The third kappa shape index (κ3) is 7.33. The topological polar surface area (TPSA) is 97.4 Å². The van der Waals surface area contributed by atoms with Crippen LogP contribution in [0.25, 0.3) is 0 Å². The summed E-state index contributed by atoms with van der Waals surface area (Å²) in [6.07, 6.45) is -0.507. The van der Waals surface area contributed by atoms with Gasteiger partial charge < -0.3 is 23.4 Å². The highest BCUT2D eigenvalue weighted by molar-refractivity contribution is 6.74. The molecule has 0 aliphatic carbocycles. The first-order valence-corrected chi connectivity index (χ1v) is 16.2. The van der Waals surface area contributed by atoms with Crippen molar-refractivity contribution in [1.82, 2.24) is 0 Å². The summed E-state index contributed by atoms with van der Waals surface area (Å²) < 4.78 is 29.4. The van der Waals surface area contributed by atoms with E-state index in [9.17, 15) is 14.4 Å². The van der Waals surface area contributed by atoms with Gasteiger partial charge in [0.05, 0.1) is 32.8 Å². The molecule has 0 spiro atoms. The Bertz CT molecular complexity index is 935. The van der Waals surface area contributed by atoms with E-state index in [4.69, 9.17) is 23.4 Å². The van der Waals surface area contributed by atoms with Gasteiger partial charge in [-0.15, -0.1) is 6.58 Å². The lowest BCUT2D eigenvalue weighted by Gasteiger charge is -2.45. The van der Waals surface area contributed by atoms with Crippen LogP contribution in [0.3, 0.4) is 0 Å². The number of cyclic esters (lactones) is 1. The van der Waals surface area contributed by atoms with Crippen LogP contribution in [0, 0.1) is 11.3 Å². The van der Waals surface area contributed by atoms with Crippen LogP contribution < -0.4 is 0 Å². The molecule has 8 nitrogen and oxygen atoms in total. The summed E-state index contributed by atoms with van der Waals surface area (Å²) in [6.45, 7) is 18.1. The SMILES string of the molecule is C=CCC(C(=O)OCC)(C(=O)OCC)[C@@H]1CC(=O)O[C@@H](CO[Si](C)(C)C(C)(C)C)[C@H]1OCc1ccccc1. The van der Waals surface area contributed by atoms with Crippen molar-refractivity contribution in [2.24, 2.45) is 11.3 Å². The zero-order chi connectivity index (χ0) is 28.6. The average Bonchev–Trinajstić information content (AvgIpc) is 2.85. The molecule has 0 radical (unpaired) electrons. The Morgan fingerprint density at radius 3 is 2.16 bits per heavy atom. The van der Waals surface area contributed by atoms with Gasteiger partial charge in [0.2, 0.25) is 0 Å². The van der Waals surface area contributed by atoms with Gasteiger partial charge in [-0.1, -0.05) is 57.2 Å². The maximum Gasteiger partial charge on any atom is 0.324 e. The zero-order valence-corrected chi connectivity index (χ0v) is 24.9. The smallest absolute Gasteiger partial charge is 0.324 e. The van der Waals surface area contributed by atoms with E-state index in [-0.39, 0.29) is 44.3 Å². The lowest BCUT2D eigenvalue weighted by atomic mass is 9.66. The molecule has 2 rings (SSSR count). The highest BCUT2D eigenvalue weighted by Crippen LogP contribution is 2.45. The molecule has 38 heavy (non-hydrogen) atoms. The van der Waals surface area contributed by atoms with Crippen LogP contribution in [-0.2, 0) is 44.4 Å². The van der Waals surface area contributed by atoms with Gasteiger partial charge in [0.15, 0.2) is 19.8 Å². The highest BCUT2D eigenvalue weighted by Gasteiger charge is 2.60. The highest BCUT2D eigenvalue weighted by atomic mass is 28.4. The number of carbonyl (C=O) groups excluding carboxylic acids is 3. The predicted molar refractivity (Wildman–Crippen MR) is 147 cm³/mol. The number of hydrogen-bond acceptors (Lipinski definition) is 8. The molecule has 9 heteroatoms. The second-order valence-electron chi connectivity index (χ2n) is 11.1. The zero-order valence-electron chi connectivity index (χ0n) is 23.9. The molecular weight excluding hydrogens is 504 g/mol. The fraction of sp³-hybridized carbons (Fsp3) is 0.621. The monoisotopic (exact) mass is 548 g/mol. The Labute approximate surface area is 228 Å². The number of rotatable bonds is 13. The molecule has 1 heterocycles. The molecule has 0 aromatic heterocycles. The second-order valence-corrected chi connectivity index (χ2v) is 15.9. The van der Waals surface area contributed by atoms with E-state index < -0.39 is 49.8 Å². The third-order valence-corrected chi connectivity index (χ3v) is 12.0. The molecule has 1 fully saturated rings. The summed E-state index contributed by atoms with van der Waals surface area (Å²) in [5, 5.41) is -0.0755. The van der Waals surface area contributed by atoms with Gasteiger partial charge in [-0.2, -0.15) is 0 Å². The lowest BCUT2D eigenvalue weighted by molar-refractivity contribution is -0.206. The molecule has 1 aromatic carbocycles. The van der Waals surface area contributed by atoms with Gasteiger partial charge in [0, 0.05) is 5.92 Å². The molecule has 1 aliphatic heterocycles. The molecule has 0 N–H and O–H groups in total. The molecule has 1 aromatic rings. The number of benzene rings is 1. The van der Waals surface area contributed by atoms with Crippen molar-refractivity contribution in [3.05, 3.63) is 48.6 Å². The van der Waals surface area contributed by atoms with Crippen molar-refractivity contribution in [1.29, 1.82) is 0 Å². The summed E-state index contributed by atoms with van der Waals surface area (Å²) in [6, 6.07) is 9.53. The minimum Gasteiger partial charge on any atom is -0.465 e. The first kappa shape index (κ1) is 31.7. The summed E-state index contributed by atoms with van der Waals surface area (Å²) in [7, 11) is -2.23. The fourth-order valence-corrected chi connectivity index (χ4v) is 5.38. The van der Waals surface area contributed by atoms with E-state index in [1.54, 1.807) is 13.8 Å². The Morgan fingerprint density at radius 1 is 1.08 bits per heavy atom. The van der Waals surface area contributed by atoms with E-state index in [2.05, 4.69) is 40.4 Å². The molecule has 3 atom stereocenters. The van der Waals surface area contributed by atoms with Crippen molar-refractivity contribution in [3.63, 3.8) is 0 Å². The van der Waals surface area contributed by atoms with Crippen LogP contribution >= 0.6 is 0 Å². The molecule has 0 unspecified atom stereocenters. The summed E-state index contributed by atoms with van der Waals surface area (Å²) in [4.78, 5) is 40.1. The number of allylic oxidation sites excluding steroid dienone is 1. The van der Waals surface area contributed by atoms with E-state index in [0.717, 1.165) is 5.56 Å². The molecule has 0 amide bonds. The number of carbonyl (C=O) groups is 3. The predicted octanol–water partition coefficient (Wildman–Crippen LogP) is 5.21. The first-order chi connectivity index (χ1) is 17.8. The van der Waals surface area contributed by atoms with Crippen molar-refractivity contribution < 1.29 is 37.8 Å². The normalized spacial score (nSPS) is 20.4. The molecule has 0 saturated carbocycles. The number of esters is 3. The number of hydrogen-bond donors (Lipinski definition) is 0. The average molecular weight is 549 g/mol. The molecule has 1 saturated heterocycles. The molecule has 212 valence electrons. The number of ether oxygens (including phenoxy) is 4. The maximum atomic E-state index is 13.5. The molecule has 1 aliphatic rings. The Balaban J connectivity index is 2.59. The Hall–Kier alpha value is -2.49. The van der Waals surface area contributed by atoms with Crippen LogP contribution in [0.5, 0.6) is 0 Å². The van der Waals surface area contributed by atoms with Crippen LogP contribution in [0.4, 0.5) is 0 Å². The third-order valence-electron chi connectivity index (χ3n) is 7.51. The van der Waals surface area contributed by atoms with Gasteiger partial charge in [-0.25, -0.2) is 0 Å². The minimum atomic E-state index is -2.23. The van der Waals surface area contributed by atoms with Gasteiger partial charge in [-0.3, -0.25) is 14.4 Å². The lowest BCUT2D eigenvalue weighted by Crippen LogP contribution is -2.59. The van der Waals surface area contributed by atoms with Crippen LogP contribution in [0.1, 0.15) is 53.0 Å². The summed E-state index contributed by atoms with van der Waals surface area (Å²) in [5.41, 5.74) is -0.933. The fourth-order valence-electron chi connectivity index (χ4n) is 4.37. The molecular formula is C29H44O8Si. The van der Waals surface area contributed by atoms with Gasteiger partial charge in [0.1, 0.15) is 6.10 Å². The van der Waals surface area contributed by atoms with Gasteiger partial charge in [0.25, 0.3) is 0 Å². The largest absolute Gasteiger partial charge is 0.465 e. The Kier molecular flexibility index (Phi) is 11.3. The van der Waals surface area contributed by atoms with E-state index in [0.29, 0.717) is 0 Å². The van der Waals surface area contributed by atoms with Crippen LogP contribution in [0.15, 0.2) is 43.0 Å². The maximum absolute atomic E-state index is 13.5. The van der Waals surface area contributed by atoms with Crippen molar-refractivity contribution in [2.75, 3.05) is 19.8 Å². The van der Waals surface area contributed by atoms with E-state index in [1.807, 2.05) is 30.3 Å². The van der Waals surface area contributed by atoms with E-state index >= 15 is 0 Å². The minimum absolute atomic E-state index is 0.0573. The van der Waals surface area contributed by atoms with Crippen molar-refractivity contribution in [3.8, 4) is 0 Å². The van der Waals surface area contributed by atoms with Crippen LogP contribution in [-0.4, -0.2) is 58.3 Å². The quantitative estimate of drug-likeness (QED) is 0.109. The second kappa shape index (κ2) is 13.5. The van der Waals surface area contributed by atoms with E-state index in [1.165, 1.54) is 6.08 Å². The van der Waals surface area contributed by atoms with Crippen LogP contribution in [0.2, 0.25) is 18.1 Å². The Morgan fingerprint density at radius 2 is 1.66 bits per heavy atom. The van der Waals surface area contributed by atoms with Crippen molar-refractivity contribution >= 4 is 26.2 Å². The van der Waals surface area contributed by atoms with Gasteiger partial charge in [-0.05, 0) is 44.0 Å².